The molecule has 0 aliphatic carbocycles. The lowest BCUT2D eigenvalue weighted by molar-refractivity contribution is -0.141. The predicted molar refractivity (Wildman–Crippen MR) is 173 cm³/mol. The van der Waals surface area contributed by atoms with Crippen LogP contribution in [0, 0.1) is 5.82 Å². The molecule has 8 nitrogen and oxygen atoms in total. The van der Waals surface area contributed by atoms with Crippen molar-refractivity contribution in [3.8, 4) is 11.5 Å². The zero-order valence-corrected chi connectivity index (χ0v) is 26.6. The number of para-hydroxylation sites is 1. The number of carbonyl (C=O) groups excluding carboxylic acids is 2. The van der Waals surface area contributed by atoms with Crippen LogP contribution in [0.15, 0.2) is 114 Å². The number of halogens is 1. The van der Waals surface area contributed by atoms with Crippen LogP contribution in [0.2, 0.25) is 0 Å². The second-order valence-electron chi connectivity index (χ2n) is 11.5. The number of anilines is 1. The number of amides is 2. The van der Waals surface area contributed by atoms with Gasteiger partial charge in [0, 0.05) is 12.1 Å². The second kappa shape index (κ2) is 14.4. The first kappa shape index (κ1) is 33.2. The zero-order chi connectivity index (χ0) is 32.6. The summed E-state index contributed by atoms with van der Waals surface area (Å²) in [5.74, 6) is -0.311. The molecule has 0 heterocycles. The quantitative estimate of drug-likeness (QED) is 0.192. The van der Waals surface area contributed by atoms with Gasteiger partial charge in [0.25, 0.3) is 10.0 Å². The molecule has 0 fully saturated rings. The van der Waals surface area contributed by atoms with Gasteiger partial charge in [0.1, 0.15) is 29.9 Å². The van der Waals surface area contributed by atoms with Gasteiger partial charge in [-0.15, -0.1) is 0 Å². The minimum Gasteiger partial charge on any atom is -0.457 e. The van der Waals surface area contributed by atoms with Crippen molar-refractivity contribution in [1.29, 1.82) is 0 Å². The van der Waals surface area contributed by atoms with E-state index in [9.17, 15) is 22.4 Å². The van der Waals surface area contributed by atoms with E-state index in [2.05, 4.69) is 5.32 Å². The SMILES string of the molecule is CC[C@H](C(=O)NC(C)(C)C)N(Cc1ccc(F)cc1)C(=O)CN(c1ccc(Oc2ccccc2)cc1)S(=O)(=O)c1ccccc1. The summed E-state index contributed by atoms with van der Waals surface area (Å²) in [7, 11) is -4.22. The minimum absolute atomic E-state index is 0.00464. The van der Waals surface area contributed by atoms with Gasteiger partial charge in [-0.05, 0) is 93.4 Å². The van der Waals surface area contributed by atoms with Crippen molar-refractivity contribution in [2.24, 2.45) is 0 Å². The molecule has 2 amide bonds. The summed E-state index contributed by atoms with van der Waals surface area (Å²) in [5.41, 5.74) is 0.259. The van der Waals surface area contributed by atoms with Crippen LogP contribution >= 0.6 is 0 Å². The molecule has 10 heteroatoms. The third kappa shape index (κ3) is 8.92. The van der Waals surface area contributed by atoms with E-state index in [0.717, 1.165) is 4.31 Å². The van der Waals surface area contributed by atoms with Gasteiger partial charge in [0.15, 0.2) is 0 Å². The van der Waals surface area contributed by atoms with Crippen molar-refractivity contribution in [3.05, 3.63) is 121 Å². The van der Waals surface area contributed by atoms with E-state index in [1.54, 1.807) is 61.5 Å². The molecule has 4 aromatic rings. The molecule has 1 atom stereocenters. The highest BCUT2D eigenvalue weighted by Gasteiger charge is 2.34. The van der Waals surface area contributed by atoms with E-state index >= 15 is 0 Å². The van der Waals surface area contributed by atoms with Crippen LogP contribution < -0.4 is 14.4 Å². The Bertz CT molecular complexity index is 1680. The van der Waals surface area contributed by atoms with Crippen molar-refractivity contribution in [2.75, 3.05) is 10.8 Å². The van der Waals surface area contributed by atoms with E-state index in [1.165, 1.54) is 41.3 Å². The summed E-state index contributed by atoms with van der Waals surface area (Å²) in [4.78, 5) is 29.0. The van der Waals surface area contributed by atoms with Crippen LogP contribution in [0.1, 0.15) is 39.7 Å². The minimum atomic E-state index is -4.22. The number of hydrogen-bond donors (Lipinski definition) is 1. The Hall–Kier alpha value is -4.70. The number of hydrogen-bond acceptors (Lipinski definition) is 5. The molecular formula is C35H38FN3O5S. The van der Waals surface area contributed by atoms with Crippen molar-refractivity contribution in [1.82, 2.24) is 10.2 Å². The van der Waals surface area contributed by atoms with E-state index in [0.29, 0.717) is 17.1 Å². The third-order valence-corrected chi connectivity index (χ3v) is 8.65. The number of nitrogens with zero attached hydrogens (tertiary/aromatic N) is 2. The lowest BCUT2D eigenvalue weighted by Crippen LogP contribution is -2.55. The largest absolute Gasteiger partial charge is 0.457 e. The molecule has 236 valence electrons. The van der Waals surface area contributed by atoms with E-state index < -0.39 is 39.9 Å². The molecule has 0 spiro atoms. The van der Waals surface area contributed by atoms with Crippen LogP contribution in [-0.4, -0.2) is 43.3 Å². The summed E-state index contributed by atoms with van der Waals surface area (Å²) in [6.07, 6.45) is 0.270. The van der Waals surface area contributed by atoms with Crippen LogP contribution in [0.4, 0.5) is 10.1 Å². The molecule has 0 unspecified atom stereocenters. The Morgan fingerprint density at radius 2 is 1.38 bits per heavy atom. The zero-order valence-electron chi connectivity index (χ0n) is 25.8. The average molecular weight is 632 g/mol. The van der Waals surface area contributed by atoms with Gasteiger partial charge >= 0.3 is 0 Å². The molecule has 0 aliphatic heterocycles. The molecule has 4 rings (SSSR count). The topological polar surface area (TPSA) is 96.0 Å². The maximum atomic E-state index is 14.2. The normalized spacial score (nSPS) is 12.2. The van der Waals surface area contributed by atoms with Gasteiger partial charge in [-0.2, -0.15) is 0 Å². The monoisotopic (exact) mass is 631 g/mol. The first-order valence-electron chi connectivity index (χ1n) is 14.6. The number of carbonyl (C=O) groups is 2. The van der Waals surface area contributed by atoms with Gasteiger partial charge in [-0.1, -0.05) is 55.5 Å². The number of benzene rings is 4. The second-order valence-corrected chi connectivity index (χ2v) is 13.4. The molecule has 0 aliphatic rings. The highest BCUT2D eigenvalue weighted by molar-refractivity contribution is 7.92. The number of ether oxygens (including phenoxy) is 1. The summed E-state index contributed by atoms with van der Waals surface area (Å²) in [6, 6.07) is 28.1. The molecular weight excluding hydrogens is 593 g/mol. The molecule has 45 heavy (non-hydrogen) atoms. The lowest BCUT2D eigenvalue weighted by atomic mass is 10.1. The summed E-state index contributed by atoms with van der Waals surface area (Å²) in [6.45, 7) is 6.67. The van der Waals surface area contributed by atoms with Crippen LogP contribution in [0.25, 0.3) is 0 Å². The van der Waals surface area contributed by atoms with E-state index in [-0.39, 0.29) is 29.5 Å². The van der Waals surface area contributed by atoms with Crippen LogP contribution in [0.5, 0.6) is 11.5 Å². The first-order valence-corrected chi connectivity index (χ1v) is 16.1. The predicted octanol–water partition coefficient (Wildman–Crippen LogP) is 6.54. The molecule has 0 radical (unpaired) electrons. The van der Waals surface area contributed by atoms with E-state index in [1.807, 2.05) is 39.0 Å². The maximum absolute atomic E-state index is 14.2. The molecule has 0 bridgehead atoms. The molecule has 4 aromatic carbocycles. The summed E-state index contributed by atoms with van der Waals surface area (Å²) >= 11 is 0. The summed E-state index contributed by atoms with van der Waals surface area (Å²) in [5, 5.41) is 2.93. The van der Waals surface area contributed by atoms with Crippen molar-refractivity contribution in [2.45, 2.75) is 57.1 Å². The van der Waals surface area contributed by atoms with Gasteiger partial charge in [0.05, 0.1) is 10.6 Å². The highest BCUT2D eigenvalue weighted by Crippen LogP contribution is 2.29. The fourth-order valence-electron chi connectivity index (χ4n) is 4.71. The van der Waals surface area contributed by atoms with Crippen molar-refractivity contribution < 1.29 is 27.1 Å². The van der Waals surface area contributed by atoms with Gasteiger partial charge < -0.3 is 15.0 Å². The van der Waals surface area contributed by atoms with Gasteiger partial charge in [-0.3, -0.25) is 13.9 Å². The smallest absolute Gasteiger partial charge is 0.264 e. The van der Waals surface area contributed by atoms with Gasteiger partial charge in [0.2, 0.25) is 11.8 Å². The Kier molecular flexibility index (Phi) is 10.6. The summed E-state index contributed by atoms with van der Waals surface area (Å²) < 4.78 is 48.7. The maximum Gasteiger partial charge on any atom is 0.264 e. The Labute approximate surface area is 264 Å². The Morgan fingerprint density at radius 1 is 0.822 bits per heavy atom. The highest BCUT2D eigenvalue weighted by atomic mass is 32.2. The van der Waals surface area contributed by atoms with Crippen LogP contribution in [-0.2, 0) is 26.2 Å². The number of rotatable bonds is 12. The van der Waals surface area contributed by atoms with Gasteiger partial charge in [-0.25, -0.2) is 12.8 Å². The Morgan fingerprint density at radius 3 is 1.93 bits per heavy atom. The number of sulfonamides is 1. The molecule has 0 saturated carbocycles. The van der Waals surface area contributed by atoms with Crippen molar-refractivity contribution in [3.63, 3.8) is 0 Å². The van der Waals surface area contributed by atoms with Crippen molar-refractivity contribution >= 4 is 27.5 Å². The fraction of sp³-hybridized carbons (Fsp3) is 0.257. The lowest BCUT2D eigenvalue weighted by Gasteiger charge is -2.34. The van der Waals surface area contributed by atoms with E-state index in [4.69, 9.17) is 4.74 Å². The fourth-order valence-corrected chi connectivity index (χ4v) is 6.15. The van der Waals surface area contributed by atoms with Crippen LogP contribution in [0.3, 0.4) is 0 Å². The molecule has 1 N–H and O–H groups in total. The standard InChI is InChI=1S/C35H38FN3O5S/c1-5-32(34(41)37-35(2,3)4)38(24-26-16-18-27(36)19-17-26)33(40)25-39(45(42,43)31-14-10-7-11-15-31)28-20-22-30(23-21-28)44-29-12-8-6-9-13-29/h6-23,32H,5,24-25H2,1-4H3,(H,37,41)/t32-/m1/s1. The third-order valence-electron chi connectivity index (χ3n) is 6.86. The Balaban J connectivity index is 1.72. The molecule has 0 saturated heterocycles. The molecule has 0 aromatic heterocycles. The average Bonchev–Trinajstić information content (AvgIpc) is 3.01. The first-order chi connectivity index (χ1) is 21.4. The number of nitrogens with one attached hydrogen (secondary N) is 1.